The molecule has 0 aliphatic rings. The van der Waals surface area contributed by atoms with Gasteiger partial charge in [-0.05, 0) is 36.8 Å². The van der Waals surface area contributed by atoms with Gasteiger partial charge < -0.3 is 5.11 Å². The van der Waals surface area contributed by atoms with E-state index in [0.717, 1.165) is 11.3 Å². The van der Waals surface area contributed by atoms with Gasteiger partial charge in [0.15, 0.2) is 0 Å². The first-order valence-electron chi connectivity index (χ1n) is 5.25. The summed E-state index contributed by atoms with van der Waals surface area (Å²) in [5, 5.41) is 10.3. The van der Waals surface area contributed by atoms with E-state index in [1.165, 1.54) is 0 Å². The van der Waals surface area contributed by atoms with Crippen molar-refractivity contribution in [2.45, 2.75) is 6.92 Å². The fraction of sp³-hybridized carbons (Fsp3) is 0.0714. The monoisotopic (exact) mass is 245 g/mol. The predicted molar refractivity (Wildman–Crippen MR) is 71.5 cm³/mol. The van der Waals surface area contributed by atoms with Crippen LogP contribution in [0.4, 0.5) is 5.69 Å². The highest BCUT2D eigenvalue weighted by Crippen LogP contribution is 2.22. The normalized spacial score (nSPS) is 10.9. The van der Waals surface area contributed by atoms with Gasteiger partial charge in [0.25, 0.3) is 0 Å². The minimum atomic E-state index is 0.217. The first-order valence-corrected chi connectivity index (χ1v) is 5.63. The lowest BCUT2D eigenvalue weighted by atomic mass is 10.2. The zero-order chi connectivity index (χ0) is 12.3. The molecule has 0 saturated heterocycles. The SMILES string of the molecule is Cc1ccc(N=Cc2ccccc2O)cc1Cl. The van der Waals surface area contributed by atoms with Gasteiger partial charge in [-0.3, -0.25) is 4.99 Å². The maximum atomic E-state index is 9.57. The lowest BCUT2D eigenvalue weighted by molar-refractivity contribution is 0.474. The maximum absolute atomic E-state index is 9.57. The largest absolute Gasteiger partial charge is 0.507 e. The molecule has 0 unspecified atom stereocenters. The molecular weight excluding hydrogens is 234 g/mol. The summed E-state index contributed by atoms with van der Waals surface area (Å²) in [4.78, 5) is 4.27. The summed E-state index contributed by atoms with van der Waals surface area (Å²) in [5.41, 5.74) is 2.47. The number of nitrogens with zero attached hydrogens (tertiary/aromatic N) is 1. The van der Waals surface area contributed by atoms with E-state index in [2.05, 4.69) is 4.99 Å². The molecule has 0 aromatic heterocycles. The van der Waals surface area contributed by atoms with Gasteiger partial charge >= 0.3 is 0 Å². The molecule has 0 radical (unpaired) electrons. The molecule has 0 fully saturated rings. The number of aryl methyl sites for hydroxylation is 1. The van der Waals surface area contributed by atoms with Gasteiger partial charge in [-0.2, -0.15) is 0 Å². The summed E-state index contributed by atoms with van der Waals surface area (Å²) in [6, 6.07) is 12.7. The molecule has 0 aliphatic carbocycles. The van der Waals surface area contributed by atoms with Gasteiger partial charge in [-0.25, -0.2) is 0 Å². The Labute approximate surface area is 105 Å². The zero-order valence-corrected chi connectivity index (χ0v) is 10.1. The average molecular weight is 246 g/mol. The zero-order valence-electron chi connectivity index (χ0n) is 9.39. The number of hydrogen-bond donors (Lipinski definition) is 1. The van der Waals surface area contributed by atoms with Crippen molar-refractivity contribution in [3.63, 3.8) is 0 Å². The Morgan fingerprint density at radius 1 is 1.18 bits per heavy atom. The highest BCUT2D eigenvalue weighted by molar-refractivity contribution is 6.31. The number of benzene rings is 2. The number of para-hydroxylation sites is 1. The first-order chi connectivity index (χ1) is 8.16. The van der Waals surface area contributed by atoms with Crippen LogP contribution in [0.2, 0.25) is 5.02 Å². The molecule has 0 heterocycles. The number of rotatable bonds is 2. The number of hydrogen-bond acceptors (Lipinski definition) is 2. The fourth-order valence-electron chi connectivity index (χ4n) is 1.40. The molecule has 2 aromatic rings. The molecule has 0 atom stereocenters. The maximum Gasteiger partial charge on any atom is 0.124 e. The molecular formula is C14H12ClNO. The van der Waals surface area contributed by atoms with E-state index in [4.69, 9.17) is 11.6 Å². The second-order valence-corrected chi connectivity index (χ2v) is 4.16. The average Bonchev–Trinajstić information content (AvgIpc) is 2.32. The third-order valence-electron chi connectivity index (χ3n) is 2.44. The van der Waals surface area contributed by atoms with Crippen molar-refractivity contribution in [1.82, 2.24) is 0 Å². The van der Waals surface area contributed by atoms with Gasteiger partial charge in [-0.15, -0.1) is 0 Å². The van der Waals surface area contributed by atoms with Crippen molar-refractivity contribution in [2.24, 2.45) is 4.99 Å². The molecule has 17 heavy (non-hydrogen) atoms. The van der Waals surface area contributed by atoms with Crippen LogP contribution in [-0.2, 0) is 0 Å². The lowest BCUT2D eigenvalue weighted by Gasteiger charge is -1.99. The number of aliphatic imine (C=N–C) groups is 1. The van der Waals surface area contributed by atoms with Gasteiger partial charge in [0.2, 0.25) is 0 Å². The topological polar surface area (TPSA) is 32.6 Å². The van der Waals surface area contributed by atoms with Crippen LogP contribution in [0.15, 0.2) is 47.5 Å². The van der Waals surface area contributed by atoms with Crippen LogP contribution >= 0.6 is 11.6 Å². The van der Waals surface area contributed by atoms with Crippen LogP contribution < -0.4 is 0 Å². The molecule has 0 bridgehead atoms. The van der Waals surface area contributed by atoms with Gasteiger partial charge in [0, 0.05) is 16.8 Å². The molecule has 2 nitrogen and oxygen atoms in total. The van der Waals surface area contributed by atoms with Crippen LogP contribution in [-0.4, -0.2) is 11.3 Å². The Balaban J connectivity index is 2.26. The van der Waals surface area contributed by atoms with Crippen LogP contribution in [0, 0.1) is 6.92 Å². The standard InChI is InChI=1S/C14H12ClNO/c1-10-6-7-12(8-13(10)15)16-9-11-4-2-3-5-14(11)17/h2-9,17H,1H3. The summed E-state index contributed by atoms with van der Waals surface area (Å²) in [5.74, 6) is 0.217. The predicted octanol–water partition coefficient (Wildman–Crippen LogP) is 4.10. The minimum absolute atomic E-state index is 0.217. The van der Waals surface area contributed by atoms with E-state index < -0.39 is 0 Å². The van der Waals surface area contributed by atoms with Crippen LogP contribution in [0.5, 0.6) is 5.75 Å². The van der Waals surface area contributed by atoms with E-state index in [1.54, 1.807) is 30.5 Å². The highest BCUT2D eigenvalue weighted by Gasteiger charge is 1.97. The Morgan fingerprint density at radius 3 is 2.65 bits per heavy atom. The Kier molecular flexibility index (Phi) is 3.45. The fourth-order valence-corrected chi connectivity index (χ4v) is 1.58. The van der Waals surface area contributed by atoms with Crippen LogP contribution in [0.3, 0.4) is 0 Å². The molecule has 0 aliphatic heterocycles. The van der Waals surface area contributed by atoms with Crippen LogP contribution in [0.25, 0.3) is 0 Å². The second kappa shape index (κ2) is 5.02. The van der Waals surface area contributed by atoms with Gasteiger partial charge in [0.05, 0.1) is 5.69 Å². The van der Waals surface area contributed by atoms with Crippen molar-refractivity contribution in [3.05, 3.63) is 58.6 Å². The minimum Gasteiger partial charge on any atom is -0.507 e. The van der Waals surface area contributed by atoms with Gasteiger partial charge in [-0.1, -0.05) is 29.8 Å². The van der Waals surface area contributed by atoms with Crippen molar-refractivity contribution in [3.8, 4) is 5.75 Å². The highest BCUT2D eigenvalue weighted by atomic mass is 35.5. The molecule has 3 heteroatoms. The number of halogens is 1. The summed E-state index contributed by atoms with van der Waals surface area (Å²) < 4.78 is 0. The molecule has 1 N–H and O–H groups in total. The van der Waals surface area contributed by atoms with E-state index in [1.807, 2.05) is 25.1 Å². The number of aromatic hydroxyl groups is 1. The molecule has 0 spiro atoms. The van der Waals surface area contributed by atoms with Crippen molar-refractivity contribution in [2.75, 3.05) is 0 Å². The van der Waals surface area contributed by atoms with Crippen molar-refractivity contribution in [1.29, 1.82) is 0 Å². The Bertz CT molecular complexity index is 564. The van der Waals surface area contributed by atoms with Crippen molar-refractivity contribution >= 4 is 23.5 Å². The smallest absolute Gasteiger partial charge is 0.124 e. The molecule has 2 aromatic carbocycles. The van der Waals surface area contributed by atoms with E-state index in [9.17, 15) is 5.11 Å². The van der Waals surface area contributed by atoms with E-state index >= 15 is 0 Å². The summed E-state index contributed by atoms with van der Waals surface area (Å²) in [6.45, 7) is 1.94. The Morgan fingerprint density at radius 2 is 1.94 bits per heavy atom. The van der Waals surface area contributed by atoms with Crippen LogP contribution in [0.1, 0.15) is 11.1 Å². The number of phenolic OH excluding ortho intramolecular Hbond substituents is 1. The first kappa shape index (κ1) is 11.7. The third kappa shape index (κ3) is 2.86. The van der Waals surface area contributed by atoms with Gasteiger partial charge in [0.1, 0.15) is 5.75 Å². The second-order valence-electron chi connectivity index (χ2n) is 3.75. The van der Waals surface area contributed by atoms with E-state index in [-0.39, 0.29) is 5.75 Å². The summed E-state index contributed by atoms with van der Waals surface area (Å²) >= 11 is 6.00. The molecule has 0 amide bonds. The lowest BCUT2D eigenvalue weighted by Crippen LogP contribution is -1.81. The summed E-state index contributed by atoms with van der Waals surface area (Å²) in [6.07, 6.45) is 1.62. The quantitative estimate of drug-likeness (QED) is 0.794. The third-order valence-corrected chi connectivity index (χ3v) is 2.85. The molecule has 2 rings (SSSR count). The number of phenols is 1. The van der Waals surface area contributed by atoms with Crippen molar-refractivity contribution < 1.29 is 5.11 Å². The molecule has 0 saturated carbocycles. The summed E-state index contributed by atoms with van der Waals surface area (Å²) in [7, 11) is 0. The molecule has 86 valence electrons. The Hall–Kier alpha value is -1.80. The van der Waals surface area contributed by atoms with E-state index in [0.29, 0.717) is 10.6 Å².